The van der Waals surface area contributed by atoms with Crippen LogP contribution in [-0.2, 0) is 6.54 Å². The van der Waals surface area contributed by atoms with Crippen LogP contribution in [0.15, 0.2) is 35.5 Å². The van der Waals surface area contributed by atoms with Crippen molar-refractivity contribution in [2.45, 2.75) is 6.54 Å². The molecule has 56 valence electrons. The molecule has 2 aromatic heterocycles. The van der Waals surface area contributed by atoms with Crippen LogP contribution >= 0.6 is 11.3 Å². The third-order valence-corrected chi connectivity index (χ3v) is 2.24. The molecule has 0 spiro atoms. The highest BCUT2D eigenvalue weighted by molar-refractivity contribution is 7.07. The molecule has 0 fully saturated rings. The zero-order chi connectivity index (χ0) is 7.52. The van der Waals surface area contributed by atoms with Crippen molar-refractivity contribution < 1.29 is 0 Å². The molecule has 2 nitrogen and oxygen atoms in total. The summed E-state index contributed by atoms with van der Waals surface area (Å²) in [6.45, 7) is 0.934. The number of hydrogen-bond donors (Lipinski definition) is 0. The second kappa shape index (κ2) is 2.88. The standard InChI is InChI=1S/C8H8N2S/c1-4-11-6-8(1)5-10-3-2-9-7-10/h1-4,6-7H,5H2. The van der Waals surface area contributed by atoms with E-state index < -0.39 is 0 Å². The molecular formula is C8H8N2S. The SMILES string of the molecule is c1cn(Cc2ccsc2)cn1. The van der Waals surface area contributed by atoms with E-state index in [2.05, 4.69) is 26.4 Å². The smallest absolute Gasteiger partial charge is 0.0949 e. The normalized spacial score (nSPS) is 10.2. The average Bonchev–Trinajstić information content (AvgIpc) is 2.60. The predicted molar refractivity (Wildman–Crippen MR) is 45.6 cm³/mol. The highest BCUT2D eigenvalue weighted by atomic mass is 32.1. The van der Waals surface area contributed by atoms with Crippen LogP contribution in [0.25, 0.3) is 0 Å². The zero-order valence-corrected chi connectivity index (χ0v) is 6.79. The van der Waals surface area contributed by atoms with Gasteiger partial charge in [0.15, 0.2) is 0 Å². The van der Waals surface area contributed by atoms with E-state index in [1.807, 2.05) is 12.5 Å². The predicted octanol–water partition coefficient (Wildman–Crippen LogP) is 1.99. The van der Waals surface area contributed by atoms with E-state index in [-0.39, 0.29) is 0 Å². The summed E-state index contributed by atoms with van der Waals surface area (Å²) in [6.07, 6.45) is 5.60. The van der Waals surface area contributed by atoms with Crippen molar-refractivity contribution in [2.75, 3.05) is 0 Å². The third-order valence-electron chi connectivity index (χ3n) is 1.50. The maximum atomic E-state index is 3.97. The van der Waals surface area contributed by atoms with Crippen molar-refractivity contribution in [3.63, 3.8) is 0 Å². The van der Waals surface area contributed by atoms with Gasteiger partial charge in [-0.25, -0.2) is 4.98 Å². The van der Waals surface area contributed by atoms with Crippen molar-refractivity contribution in [1.82, 2.24) is 9.55 Å². The van der Waals surface area contributed by atoms with E-state index in [0.29, 0.717) is 0 Å². The molecule has 0 amide bonds. The molecule has 0 aliphatic heterocycles. The van der Waals surface area contributed by atoms with E-state index >= 15 is 0 Å². The van der Waals surface area contributed by atoms with Gasteiger partial charge in [-0.1, -0.05) is 0 Å². The van der Waals surface area contributed by atoms with Gasteiger partial charge in [0.05, 0.1) is 6.33 Å². The van der Waals surface area contributed by atoms with Crippen LogP contribution in [0.1, 0.15) is 5.56 Å². The first-order chi connectivity index (χ1) is 5.45. The van der Waals surface area contributed by atoms with Crippen molar-refractivity contribution in [1.29, 1.82) is 0 Å². The summed E-state index contributed by atoms with van der Waals surface area (Å²) in [5.41, 5.74) is 1.34. The lowest BCUT2D eigenvalue weighted by Gasteiger charge is -1.96. The van der Waals surface area contributed by atoms with Gasteiger partial charge in [-0.15, -0.1) is 0 Å². The number of nitrogens with zero attached hydrogens (tertiary/aromatic N) is 2. The quantitative estimate of drug-likeness (QED) is 0.663. The fraction of sp³-hybridized carbons (Fsp3) is 0.125. The van der Waals surface area contributed by atoms with Gasteiger partial charge in [-0.2, -0.15) is 11.3 Å². The lowest BCUT2D eigenvalue weighted by atomic mass is 10.3. The van der Waals surface area contributed by atoms with Crippen LogP contribution in [0.2, 0.25) is 0 Å². The topological polar surface area (TPSA) is 17.8 Å². The number of hydrogen-bond acceptors (Lipinski definition) is 2. The van der Waals surface area contributed by atoms with Crippen LogP contribution in [0.5, 0.6) is 0 Å². The number of imidazole rings is 1. The minimum absolute atomic E-state index is 0.934. The summed E-state index contributed by atoms with van der Waals surface area (Å²) < 4.78 is 2.06. The van der Waals surface area contributed by atoms with Gasteiger partial charge in [0.1, 0.15) is 0 Å². The zero-order valence-electron chi connectivity index (χ0n) is 5.97. The molecule has 3 heteroatoms. The number of aromatic nitrogens is 2. The highest BCUT2D eigenvalue weighted by Crippen LogP contribution is 2.07. The van der Waals surface area contributed by atoms with Crippen LogP contribution in [0.3, 0.4) is 0 Å². The number of rotatable bonds is 2. The Bertz CT molecular complexity index is 264. The van der Waals surface area contributed by atoms with Gasteiger partial charge >= 0.3 is 0 Å². The second-order valence-corrected chi connectivity index (χ2v) is 3.15. The number of thiophene rings is 1. The molecule has 0 saturated carbocycles. The molecule has 2 heterocycles. The van der Waals surface area contributed by atoms with Crippen molar-refractivity contribution in [3.8, 4) is 0 Å². The van der Waals surface area contributed by atoms with Crippen LogP contribution in [0.4, 0.5) is 0 Å². The Morgan fingerprint density at radius 2 is 2.55 bits per heavy atom. The Balaban J connectivity index is 2.14. The largest absolute Gasteiger partial charge is 0.333 e. The maximum Gasteiger partial charge on any atom is 0.0949 e. The molecule has 0 radical (unpaired) electrons. The van der Waals surface area contributed by atoms with Gasteiger partial charge in [0, 0.05) is 18.9 Å². The summed E-state index contributed by atoms with van der Waals surface area (Å²) in [6, 6.07) is 2.13. The van der Waals surface area contributed by atoms with E-state index in [1.54, 1.807) is 17.5 Å². The van der Waals surface area contributed by atoms with Gasteiger partial charge in [-0.05, 0) is 22.4 Å². The van der Waals surface area contributed by atoms with E-state index in [0.717, 1.165) is 6.54 Å². The Hall–Kier alpha value is -1.09. The molecule has 0 aliphatic carbocycles. The Kier molecular flexibility index (Phi) is 1.73. The fourth-order valence-electron chi connectivity index (χ4n) is 0.974. The molecular weight excluding hydrogens is 156 g/mol. The maximum absolute atomic E-state index is 3.97. The highest BCUT2D eigenvalue weighted by Gasteiger charge is 1.92. The van der Waals surface area contributed by atoms with E-state index in [9.17, 15) is 0 Å². The first kappa shape index (κ1) is 6.61. The minimum atomic E-state index is 0.934. The first-order valence-electron chi connectivity index (χ1n) is 3.42. The lowest BCUT2D eigenvalue weighted by Crippen LogP contribution is -1.93. The third kappa shape index (κ3) is 1.49. The molecule has 11 heavy (non-hydrogen) atoms. The van der Waals surface area contributed by atoms with E-state index in [1.165, 1.54) is 5.56 Å². The van der Waals surface area contributed by atoms with Crippen molar-refractivity contribution in [3.05, 3.63) is 41.1 Å². The molecule has 0 bridgehead atoms. The van der Waals surface area contributed by atoms with Gasteiger partial charge in [-0.3, -0.25) is 0 Å². The summed E-state index contributed by atoms with van der Waals surface area (Å²) in [4.78, 5) is 3.97. The van der Waals surface area contributed by atoms with Gasteiger partial charge < -0.3 is 4.57 Å². The average molecular weight is 164 g/mol. The van der Waals surface area contributed by atoms with E-state index in [4.69, 9.17) is 0 Å². The fourth-order valence-corrected chi connectivity index (χ4v) is 1.63. The molecule has 0 aliphatic rings. The monoisotopic (exact) mass is 164 g/mol. The van der Waals surface area contributed by atoms with Crippen LogP contribution in [0, 0.1) is 0 Å². The second-order valence-electron chi connectivity index (χ2n) is 2.37. The molecule has 2 rings (SSSR count). The van der Waals surface area contributed by atoms with Gasteiger partial charge in [0.25, 0.3) is 0 Å². The summed E-state index contributed by atoms with van der Waals surface area (Å²) in [5.74, 6) is 0. The van der Waals surface area contributed by atoms with Crippen molar-refractivity contribution in [2.24, 2.45) is 0 Å². The Labute approximate surface area is 69.1 Å². The lowest BCUT2D eigenvalue weighted by molar-refractivity contribution is 0.800. The van der Waals surface area contributed by atoms with Crippen LogP contribution in [-0.4, -0.2) is 9.55 Å². The molecule has 2 aromatic rings. The Morgan fingerprint density at radius 1 is 1.55 bits per heavy atom. The molecule has 0 N–H and O–H groups in total. The van der Waals surface area contributed by atoms with Crippen molar-refractivity contribution >= 4 is 11.3 Å². The summed E-state index contributed by atoms with van der Waals surface area (Å²) in [7, 11) is 0. The first-order valence-corrected chi connectivity index (χ1v) is 4.36. The summed E-state index contributed by atoms with van der Waals surface area (Å²) in [5, 5.41) is 4.24. The Morgan fingerprint density at radius 3 is 3.18 bits per heavy atom. The van der Waals surface area contributed by atoms with Crippen LogP contribution < -0.4 is 0 Å². The molecule has 0 saturated heterocycles. The summed E-state index contributed by atoms with van der Waals surface area (Å²) >= 11 is 1.73. The minimum Gasteiger partial charge on any atom is -0.333 e. The molecule has 0 unspecified atom stereocenters. The van der Waals surface area contributed by atoms with Gasteiger partial charge in [0.2, 0.25) is 0 Å². The molecule has 0 atom stereocenters. The molecule has 0 aromatic carbocycles.